The Hall–Kier alpha value is -0.730. The first-order valence-electron chi connectivity index (χ1n) is 6.21. The molecule has 1 fully saturated rings. The van der Waals surface area contributed by atoms with E-state index in [4.69, 9.17) is 16.3 Å². The van der Waals surface area contributed by atoms with Crippen LogP contribution >= 0.6 is 11.6 Å². The third kappa shape index (κ3) is 2.58. The molecule has 1 N–H and O–H groups in total. The average molecular weight is 254 g/mol. The van der Waals surface area contributed by atoms with Crippen LogP contribution in [0.5, 0.6) is 5.75 Å². The number of hydrogen-bond donors (Lipinski definition) is 1. The van der Waals surface area contributed by atoms with Crippen molar-refractivity contribution in [3.8, 4) is 5.75 Å². The second-order valence-corrected chi connectivity index (χ2v) is 5.37. The van der Waals surface area contributed by atoms with Gasteiger partial charge in [0.05, 0.1) is 7.11 Å². The maximum Gasteiger partial charge on any atom is 0.122 e. The standard InChI is InChI=1S/C14H20ClNO/c1-9(2)11-7-14(17-3)12(6-13(11)15)10-4-5-16-8-10/h6-7,9-10,16H,4-5,8H2,1-3H3. The van der Waals surface area contributed by atoms with Gasteiger partial charge in [0.25, 0.3) is 0 Å². The van der Waals surface area contributed by atoms with Crippen LogP contribution in [0.2, 0.25) is 5.02 Å². The molecular formula is C14H20ClNO. The Morgan fingerprint density at radius 3 is 2.71 bits per heavy atom. The van der Waals surface area contributed by atoms with E-state index in [-0.39, 0.29) is 0 Å². The Morgan fingerprint density at radius 2 is 2.18 bits per heavy atom. The number of hydrogen-bond acceptors (Lipinski definition) is 2. The monoisotopic (exact) mass is 253 g/mol. The summed E-state index contributed by atoms with van der Waals surface area (Å²) >= 11 is 6.36. The van der Waals surface area contributed by atoms with Crippen molar-refractivity contribution in [2.24, 2.45) is 0 Å². The quantitative estimate of drug-likeness (QED) is 0.890. The minimum Gasteiger partial charge on any atom is -0.496 e. The van der Waals surface area contributed by atoms with Gasteiger partial charge in [-0.15, -0.1) is 0 Å². The highest BCUT2D eigenvalue weighted by Crippen LogP contribution is 2.37. The summed E-state index contributed by atoms with van der Waals surface area (Å²) in [4.78, 5) is 0. The molecule has 0 bridgehead atoms. The highest BCUT2D eigenvalue weighted by atomic mass is 35.5. The van der Waals surface area contributed by atoms with Crippen molar-refractivity contribution in [1.82, 2.24) is 5.32 Å². The van der Waals surface area contributed by atoms with Crippen LogP contribution < -0.4 is 10.1 Å². The van der Waals surface area contributed by atoms with Crippen LogP contribution in [0.25, 0.3) is 0 Å². The van der Waals surface area contributed by atoms with Crippen molar-refractivity contribution in [2.45, 2.75) is 32.1 Å². The van der Waals surface area contributed by atoms with Gasteiger partial charge in [0.1, 0.15) is 5.75 Å². The van der Waals surface area contributed by atoms with Gasteiger partial charge < -0.3 is 10.1 Å². The van der Waals surface area contributed by atoms with E-state index in [0.29, 0.717) is 11.8 Å². The Kier molecular flexibility index (Phi) is 3.95. The van der Waals surface area contributed by atoms with Crippen molar-refractivity contribution in [2.75, 3.05) is 20.2 Å². The molecule has 0 aliphatic carbocycles. The van der Waals surface area contributed by atoms with Crippen molar-refractivity contribution >= 4 is 11.6 Å². The second-order valence-electron chi connectivity index (χ2n) is 4.96. The molecule has 0 saturated carbocycles. The molecule has 1 unspecified atom stereocenters. The van der Waals surface area contributed by atoms with Crippen molar-refractivity contribution < 1.29 is 4.74 Å². The Labute approximate surface area is 108 Å². The number of benzene rings is 1. The third-order valence-corrected chi connectivity index (χ3v) is 3.80. The zero-order valence-electron chi connectivity index (χ0n) is 10.7. The molecule has 0 radical (unpaired) electrons. The van der Waals surface area contributed by atoms with E-state index in [9.17, 15) is 0 Å². The van der Waals surface area contributed by atoms with E-state index in [1.165, 1.54) is 11.1 Å². The van der Waals surface area contributed by atoms with Crippen LogP contribution in [0.1, 0.15) is 43.2 Å². The molecule has 2 rings (SSSR count). The normalized spacial score (nSPS) is 19.9. The molecule has 2 nitrogen and oxygen atoms in total. The van der Waals surface area contributed by atoms with Gasteiger partial charge in [-0.2, -0.15) is 0 Å². The molecule has 1 aromatic carbocycles. The molecule has 1 saturated heterocycles. The first-order valence-corrected chi connectivity index (χ1v) is 6.59. The fraction of sp³-hybridized carbons (Fsp3) is 0.571. The van der Waals surface area contributed by atoms with E-state index in [1.807, 2.05) is 0 Å². The minimum atomic E-state index is 0.423. The van der Waals surface area contributed by atoms with E-state index in [1.54, 1.807) is 7.11 Å². The molecule has 0 aromatic heterocycles. The van der Waals surface area contributed by atoms with Gasteiger partial charge in [-0.05, 0) is 42.1 Å². The van der Waals surface area contributed by atoms with Crippen molar-refractivity contribution in [3.63, 3.8) is 0 Å². The lowest BCUT2D eigenvalue weighted by atomic mass is 9.93. The summed E-state index contributed by atoms with van der Waals surface area (Å²) in [6.45, 7) is 6.40. The van der Waals surface area contributed by atoms with Gasteiger partial charge in [-0.1, -0.05) is 25.4 Å². The Morgan fingerprint density at radius 1 is 1.41 bits per heavy atom. The molecule has 1 heterocycles. The van der Waals surface area contributed by atoms with Crippen LogP contribution in [0.4, 0.5) is 0 Å². The van der Waals surface area contributed by atoms with Crippen LogP contribution in [0.15, 0.2) is 12.1 Å². The topological polar surface area (TPSA) is 21.3 Å². The molecule has 1 aromatic rings. The summed E-state index contributed by atoms with van der Waals surface area (Å²) in [6, 6.07) is 4.19. The highest BCUT2D eigenvalue weighted by Gasteiger charge is 2.22. The molecule has 1 aliphatic rings. The van der Waals surface area contributed by atoms with Crippen molar-refractivity contribution in [1.29, 1.82) is 0 Å². The average Bonchev–Trinajstić information content (AvgIpc) is 2.81. The molecule has 0 amide bonds. The lowest BCUT2D eigenvalue weighted by Crippen LogP contribution is -2.09. The summed E-state index contributed by atoms with van der Waals surface area (Å²) in [5.41, 5.74) is 2.41. The zero-order valence-corrected chi connectivity index (χ0v) is 11.5. The SMILES string of the molecule is COc1cc(C(C)C)c(Cl)cc1C1CCNC1. The molecule has 3 heteroatoms. The highest BCUT2D eigenvalue weighted by molar-refractivity contribution is 6.31. The number of ether oxygens (including phenoxy) is 1. The fourth-order valence-electron chi connectivity index (χ4n) is 2.44. The van der Waals surface area contributed by atoms with E-state index >= 15 is 0 Å². The number of methoxy groups -OCH3 is 1. The number of nitrogens with one attached hydrogen (secondary N) is 1. The molecule has 94 valence electrons. The maximum atomic E-state index is 6.36. The predicted octanol–water partition coefficient (Wildman–Crippen LogP) is 3.55. The first-order chi connectivity index (χ1) is 8.13. The Balaban J connectivity index is 2.41. The lowest BCUT2D eigenvalue weighted by molar-refractivity contribution is 0.405. The second kappa shape index (κ2) is 5.28. The molecule has 17 heavy (non-hydrogen) atoms. The van der Waals surface area contributed by atoms with Gasteiger partial charge in [-0.25, -0.2) is 0 Å². The summed E-state index contributed by atoms with van der Waals surface area (Å²) in [6.07, 6.45) is 1.16. The van der Waals surface area contributed by atoms with Crippen LogP contribution in [0.3, 0.4) is 0 Å². The molecular weight excluding hydrogens is 234 g/mol. The largest absolute Gasteiger partial charge is 0.496 e. The van der Waals surface area contributed by atoms with Crippen LogP contribution in [-0.2, 0) is 0 Å². The third-order valence-electron chi connectivity index (χ3n) is 3.47. The Bertz CT molecular complexity index is 397. The molecule has 1 atom stereocenters. The summed E-state index contributed by atoms with van der Waals surface area (Å²) in [7, 11) is 1.74. The van der Waals surface area contributed by atoms with Crippen LogP contribution in [-0.4, -0.2) is 20.2 Å². The zero-order chi connectivity index (χ0) is 12.4. The lowest BCUT2D eigenvalue weighted by Gasteiger charge is -2.18. The van der Waals surface area contributed by atoms with Gasteiger partial charge >= 0.3 is 0 Å². The molecule has 1 aliphatic heterocycles. The van der Waals surface area contributed by atoms with Gasteiger partial charge in [0.2, 0.25) is 0 Å². The summed E-state index contributed by atoms with van der Waals surface area (Å²) in [5.74, 6) is 1.93. The fourth-order valence-corrected chi connectivity index (χ4v) is 2.83. The number of halogens is 1. The first kappa shape index (κ1) is 12.7. The number of rotatable bonds is 3. The van der Waals surface area contributed by atoms with Gasteiger partial charge in [0.15, 0.2) is 0 Å². The van der Waals surface area contributed by atoms with Gasteiger partial charge in [-0.3, -0.25) is 0 Å². The maximum absolute atomic E-state index is 6.36. The molecule has 0 spiro atoms. The minimum absolute atomic E-state index is 0.423. The summed E-state index contributed by atoms with van der Waals surface area (Å²) in [5, 5.41) is 4.24. The predicted molar refractivity (Wildman–Crippen MR) is 72.3 cm³/mol. The van der Waals surface area contributed by atoms with Crippen molar-refractivity contribution in [3.05, 3.63) is 28.3 Å². The van der Waals surface area contributed by atoms with Crippen LogP contribution in [0, 0.1) is 0 Å². The van der Waals surface area contributed by atoms with E-state index in [0.717, 1.165) is 30.3 Å². The van der Waals surface area contributed by atoms with Gasteiger partial charge in [0, 0.05) is 17.5 Å². The smallest absolute Gasteiger partial charge is 0.122 e. The van der Waals surface area contributed by atoms with E-state index < -0.39 is 0 Å². The van der Waals surface area contributed by atoms with E-state index in [2.05, 4.69) is 31.3 Å². The summed E-state index contributed by atoms with van der Waals surface area (Å²) < 4.78 is 5.52.